The Morgan fingerprint density at radius 2 is 2.00 bits per heavy atom. The number of hydrogen-bond acceptors (Lipinski definition) is 3. The highest BCUT2D eigenvalue weighted by molar-refractivity contribution is 4.78. The van der Waals surface area contributed by atoms with Gasteiger partial charge in [0.2, 0.25) is 0 Å². The van der Waals surface area contributed by atoms with E-state index in [-0.39, 0.29) is 0 Å². The van der Waals surface area contributed by atoms with Crippen LogP contribution in [0.2, 0.25) is 0 Å². The summed E-state index contributed by atoms with van der Waals surface area (Å²) in [5.74, 6) is 0. The first-order valence-corrected chi connectivity index (χ1v) is 5.32. The molecule has 1 rings (SSSR count). The van der Waals surface area contributed by atoms with Crippen LogP contribution in [0.15, 0.2) is 0 Å². The van der Waals surface area contributed by atoms with Crippen LogP contribution in [0, 0.1) is 0 Å². The van der Waals surface area contributed by atoms with Crippen LogP contribution < -0.4 is 5.32 Å². The number of rotatable bonds is 6. The van der Waals surface area contributed by atoms with Crippen LogP contribution in [0.3, 0.4) is 0 Å². The minimum Gasteiger partial charge on any atom is -0.378 e. The molecule has 0 amide bonds. The Morgan fingerprint density at radius 3 is 2.38 bits per heavy atom. The molecular formula is C10H22N2O. The van der Waals surface area contributed by atoms with E-state index in [9.17, 15) is 0 Å². The molecule has 1 aliphatic rings. The lowest BCUT2D eigenvalue weighted by atomic mass is 10.2. The van der Waals surface area contributed by atoms with Crippen molar-refractivity contribution in [2.75, 3.05) is 32.8 Å². The molecule has 1 saturated heterocycles. The van der Waals surface area contributed by atoms with Crippen LogP contribution in [0.5, 0.6) is 0 Å². The van der Waals surface area contributed by atoms with Crippen molar-refractivity contribution in [3.63, 3.8) is 0 Å². The lowest BCUT2D eigenvalue weighted by Crippen LogP contribution is -2.52. The summed E-state index contributed by atoms with van der Waals surface area (Å²) in [5, 5.41) is 3.55. The van der Waals surface area contributed by atoms with Crippen molar-refractivity contribution in [2.45, 2.75) is 32.9 Å². The van der Waals surface area contributed by atoms with Gasteiger partial charge in [-0.05, 0) is 20.0 Å². The van der Waals surface area contributed by atoms with E-state index in [0.717, 1.165) is 32.8 Å². The second-order valence-corrected chi connectivity index (χ2v) is 3.79. The SMILES string of the molecule is CCN(CC)CC(C)NC1COC1. The average molecular weight is 186 g/mol. The molecule has 1 aliphatic heterocycles. The topological polar surface area (TPSA) is 24.5 Å². The lowest BCUT2D eigenvalue weighted by molar-refractivity contribution is -0.0106. The summed E-state index contributed by atoms with van der Waals surface area (Å²) in [4.78, 5) is 2.44. The van der Waals surface area contributed by atoms with E-state index < -0.39 is 0 Å². The van der Waals surface area contributed by atoms with Crippen LogP contribution in [-0.4, -0.2) is 49.8 Å². The van der Waals surface area contributed by atoms with Gasteiger partial charge in [-0.15, -0.1) is 0 Å². The Bertz CT molecular complexity index is 133. The first kappa shape index (κ1) is 11.0. The minimum atomic E-state index is 0.578. The van der Waals surface area contributed by atoms with Gasteiger partial charge in [0.25, 0.3) is 0 Å². The first-order valence-electron chi connectivity index (χ1n) is 5.32. The molecule has 3 nitrogen and oxygen atoms in total. The van der Waals surface area contributed by atoms with Crippen molar-refractivity contribution in [3.05, 3.63) is 0 Å². The molecular weight excluding hydrogens is 164 g/mol. The van der Waals surface area contributed by atoms with E-state index in [1.54, 1.807) is 0 Å². The minimum absolute atomic E-state index is 0.578. The molecule has 0 aromatic rings. The van der Waals surface area contributed by atoms with Crippen molar-refractivity contribution in [1.29, 1.82) is 0 Å². The summed E-state index contributed by atoms with van der Waals surface area (Å²) in [7, 11) is 0. The maximum absolute atomic E-state index is 5.12. The van der Waals surface area contributed by atoms with Crippen LogP contribution in [-0.2, 0) is 4.74 Å². The Hall–Kier alpha value is -0.120. The molecule has 1 heterocycles. The molecule has 1 fully saturated rings. The van der Waals surface area contributed by atoms with Gasteiger partial charge in [-0.2, -0.15) is 0 Å². The van der Waals surface area contributed by atoms with Gasteiger partial charge in [-0.3, -0.25) is 0 Å². The molecule has 1 atom stereocenters. The Balaban J connectivity index is 2.10. The second-order valence-electron chi connectivity index (χ2n) is 3.79. The lowest BCUT2D eigenvalue weighted by Gasteiger charge is -2.32. The van der Waals surface area contributed by atoms with Gasteiger partial charge in [-0.1, -0.05) is 13.8 Å². The maximum Gasteiger partial charge on any atom is 0.0643 e. The third kappa shape index (κ3) is 3.63. The summed E-state index contributed by atoms with van der Waals surface area (Å²) in [5.41, 5.74) is 0. The van der Waals surface area contributed by atoms with Crippen LogP contribution in [0.1, 0.15) is 20.8 Å². The van der Waals surface area contributed by atoms with E-state index in [4.69, 9.17) is 4.74 Å². The Labute approximate surface area is 81.4 Å². The predicted molar refractivity (Wildman–Crippen MR) is 55.0 cm³/mol. The van der Waals surface area contributed by atoms with Crippen molar-refractivity contribution >= 4 is 0 Å². The highest BCUT2D eigenvalue weighted by atomic mass is 16.5. The molecule has 1 unspecified atom stereocenters. The molecule has 3 heteroatoms. The number of likely N-dealkylation sites (N-methyl/N-ethyl adjacent to an activating group) is 1. The molecule has 0 aromatic carbocycles. The fourth-order valence-electron chi connectivity index (χ4n) is 1.66. The Morgan fingerprint density at radius 1 is 1.38 bits per heavy atom. The molecule has 0 radical (unpaired) electrons. The smallest absolute Gasteiger partial charge is 0.0643 e. The van der Waals surface area contributed by atoms with Gasteiger partial charge in [0.15, 0.2) is 0 Å². The van der Waals surface area contributed by atoms with Gasteiger partial charge in [0.05, 0.1) is 19.3 Å². The fraction of sp³-hybridized carbons (Fsp3) is 1.00. The molecule has 0 aromatic heterocycles. The van der Waals surface area contributed by atoms with Crippen molar-refractivity contribution < 1.29 is 4.74 Å². The third-order valence-electron chi connectivity index (χ3n) is 2.58. The average Bonchev–Trinajstić information content (AvgIpc) is 2.07. The fourth-order valence-corrected chi connectivity index (χ4v) is 1.66. The standard InChI is InChI=1S/C10H22N2O/c1-4-12(5-2)6-9(3)11-10-7-13-8-10/h9-11H,4-8H2,1-3H3. The molecule has 0 bridgehead atoms. The zero-order chi connectivity index (χ0) is 9.68. The maximum atomic E-state index is 5.12. The van der Waals surface area contributed by atoms with Crippen molar-refractivity contribution in [1.82, 2.24) is 10.2 Å². The largest absolute Gasteiger partial charge is 0.378 e. The van der Waals surface area contributed by atoms with Gasteiger partial charge in [-0.25, -0.2) is 0 Å². The Kier molecular flexibility index (Phi) is 4.70. The second kappa shape index (κ2) is 5.58. The van der Waals surface area contributed by atoms with Gasteiger partial charge in [0.1, 0.15) is 0 Å². The third-order valence-corrected chi connectivity index (χ3v) is 2.58. The van der Waals surface area contributed by atoms with Crippen LogP contribution in [0.25, 0.3) is 0 Å². The van der Waals surface area contributed by atoms with Gasteiger partial charge < -0.3 is 15.0 Å². The summed E-state index contributed by atoms with van der Waals surface area (Å²) < 4.78 is 5.12. The summed E-state index contributed by atoms with van der Waals surface area (Å²) >= 11 is 0. The predicted octanol–water partition coefficient (Wildman–Crippen LogP) is 0.705. The molecule has 0 aliphatic carbocycles. The number of nitrogens with one attached hydrogen (secondary N) is 1. The normalized spacial score (nSPS) is 20.3. The van der Waals surface area contributed by atoms with E-state index in [0.29, 0.717) is 12.1 Å². The zero-order valence-corrected chi connectivity index (χ0v) is 9.05. The molecule has 1 N–H and O–H groups in total. The monoisotopic (exact) mass is 186 g/mol. The van der Waals surface area contributed by atoms with Gasteiger partial charge >= 0.3 is 0 Å². The van der Waals surface area contributed by atoms with Crippen molar-refractivity contribution in [3.8, 4) is 0 Å². The van der Waals surface area contributed by atoms with E-state index in [1.807, 2.05) is 0 Å². The number of hydrogen-bond donors (Lipinski definition) is 1. The molecule has 78 valence electrons. The highest BCUT2D eigenvalue weighted by Gasteiger charge is 2.20. The van der Waals surface area contributed by atoms with E-state index in [1.165, 1.54) is 0 Å². The van der Waals surface area contributed by atoms with Gasteiger partial charge in [0, 0.05) is 12.6 Å². The van der Waals surface area contributed by atoms with E-state index in [2.05, 4.69) is 31.0 Å². The molecule has 0 spiro atoms. The number of nitrogens with zero attached hydrogens (tertiary/aromatic N) is 1. The number of ether oxygens (including phenoxy) is 1. The highest BCUT2D eigenvalue weighted by Crippen LogP contribution is 2.02. The zero-order valence-electron chi connectivity index (χ0n) is 9.05. The first-order chi connectivity index (χ1) is 6.26. The molecule has 0 saturated carbocycles. The van der Waals surface area contributed by atoms with E-state index >= 15 is 0 Å². The summed E-state index contributed by atoms with van der Waals surface area (Å²) in [6.07, 6.45) is 0. The van der Waals surface area contributed by atoms with Crippen molar-refractivity contribution in [2.24, 2.45) is 0 Å². The quantitative estimate of drug-likeness (QED) is 0.661. The van der Waals surface area contributed by atoms with Crippen LogP contribution >= 0.6 is 0 Å². The summed E-state index contributed by atoms with van der Waals surface area (Å²) in [6.45, 7) is 11.9. The molecule has 13 heavy (non-hydrogen) atoms. The van der Waals surface area contributed by atoms with Crippen LogP contribution in [0.4, 0.5) is 0 Å². The summed E-state index contributed by atoms with van der Waals surface area (Å²) in [6, 6.07) is 1.18.